The lowest BCUT2D eigenvalue weighted by molar-refractivity contribution is -0.121. The Morgan fingerprint density at radius 3 is 2.68 bits per heavy atom. The van der Waals surface area contributed by atoms with Crippen LogP contribution in [-0.2, 0) is 11.3 Å². The minimum absolute atomic E-state index is 0.0703. The standard InChI is InChI=1S/C16H20N4O2/c1-12-17-15(22-19-12)11-20-9-7-13(8-10-20)16(21)18-14-5-3-2-4-6-14/h2-6,13H,7-11H2,1H3,(H,18,21). The van der Waals surface area contributed by atoms with Crippen molar-refractivity contribution in [3.63, 3.8) is 0 Å². The SMILES string of the molecule is Cc1noc(CN2CCC(C(=O)Nc3ccccc3)CC2)n1. The van der Waals surface area contributed by atoms with Gasteiger partial charge >= 0.3 is 0 Å². The third-order valence-corrected chi connectivity index (χ3v) is 3.93. The number of rotatable bonds is 4. The molecule has 0 spiro atoms. The molecule has 1 N–H and O–H groups in total. The van der Waals surface area contributed by atoms with E-state index in [1.54, 1.807) is 0 Å². The van der Waals surface area contributed by atoms with Gasteiger partial charge in [-0.1, -0.05) is 23.4 Å². The molecule has 3 rings (SSSR count). The number of hydrogen-bond acceptors (Lipinski definition) is 5. The Morgan fingerprint density at radius 2 is 2.05 bits per heavy atom. The van der Waals surface area contributed by atoms with Crippen molar-refractivity contribution in [3.8, 4) is 0 Å². The number of anilines is 1. The first-order chi connectivity index (χ1) is 10.7. The summed E-state index contributed by atoms with van der Waals surface area (Å²) in [6, 6.07) is 9.60. The Morgan fingerprint density at radius 1 is 1.32 bits per heavy atom. The minimum atomic E-state index is 0.0703. The van der Waals surface area contributed by atoms with E-state index in [9.17, 15) is 4.79 Å². The summed E-state index contributed by atoms with van der Waals surface area (Å²) in [4.78, 5) is 18.7. The van der Waals surface area contributed by atoms with Crippen LogP contribution in [0.3, 0.4) is 0 Å². The van der Waals surface area contributed by atoms with E-state index in [1.165, 1.54) is 0 Å². The molecule has 2 aromatic rings. The normalized spacial score (nSPS) is 16.6. The molecule has 1 aliphatic rings. The fraction of sp³-hybridized carbons (Fsp3) is 0.438. The molecular weight excluding hydrogens is 280 g/mol. The molecule has 0 bridgehead atoms. The quantitative estimate of drug-likeness (QED) is 0.937. The number of amides is 1. The molecular formula is C16H20N4O2. The van der Waals surface area contributed by atoms with Crippen LogP contribution in [0.25, 0.3) is 0 Å². The monoisotopic (exact) mass is 300 g/mol. The summed E-state index contributed by atoms with van der Waals surface area (Å²) in [5.41, 5.74) is 0.858. The van der Waals surface area contributed by atoms with Crippen LogP contribution >= 0.6 is 0 Å². The maximum absolute atomic E-state index is 12.3. The lowest BCUT2D eigenvalue weighted by atomic mass is 9.96. The van der Waals surface area contributed by atoms with Gasteiger partial charge in [-0.3, -0.25) is 9.69 Å². The molecule has 1 saturated heterocycles. The highest BCUT2D eigenvalue weighted by molar-refractivity contribution is 5.92. The van der Waals surface area contributed by atoms with E-state index in [0.717, 1.165) is 31.6 Å². The molecule has 6 heteroatoms. The van der Waals surface area contributed by atoms with E-state index in [2.05, 4.69) is 20.4 Å². The fourth-order valence-electron chi connectivity index (χ4n) is 2.71. The van der Waals surface area contributed by atoms with Crippen LogP contribution in [0, 0.1) is 12.8 Å². The number of aromatic nitrogens is 2. The third kappa shape index (κ3) is 3.71. The zero-order chi connectivity index (χ0) is 15.4. The van der Waals surface area contributed by atoms with Gasteiger partial charge in [0.2, 0.25) is 11.8 Å². The van der Waals surface area contributed by atoms with Crippen molar-refractivity contribution in [1.82, 2.24) is 15.0 Å². The van der Waals surface area contributed by atoms with Gasteiger partial charge in [0, 0.05) is 11.6 Å². The maximum atomic E-state index is 12.3. The summed E-state index contributed by atoms with van der Waals surface area (Å²) in [7, 11) is 0. The lowest BCUT2D eigenvalue weighted by Gasteiger charge is -2.30. The summed E-state index contributed by atoms with van der Waals surface area (Å²) in [6.07, 6.45) is 1.71. The Labute approximate surface area is 129 Å². The Bertz CT molecular complexity index is 618. The van der Waals surface area contributed by atoms with Gasteiger partial charge in [0.15, 0.2) is 5.82 Å². The van der Waals surface area contributed by atoms with Gasteiger partial charge in [-0.25, -0.2) is 0 Å². The number of hydrogen-bond donors (Lipinski definition) is 1. The highest BCUT2D eigenvalue weighted by Gasteiger charge is 2.25. The Kier molecular flexibility index (Phi) is 4.48. The topological polar surface area (TPSA) is 71.3 Å². The van der Waals surface area contributed by atoms with Crippen molar-refractivity contribution in [1.29, 1.82) is 0 Å². The number of para-hydroxylation sites is 1. The molecule has 2 heterocycles. The Balaban J connectivity index is 1.48. The minimum Gasteiger partial charge on any atom is -0.338 e. The molecule has 1 aromatic carbocycles. The van der Waals surface area contributed by atoms with E-state index < -0.39 is 0 Å². The number of carbonyl (C=O) groups is 1. The van der Waals surface area contributed by atoms with Crippen molar-refractivity contribution in [2.24, 2.45) is 5.92 Å². The average Bonchev–Trinajstić information content (AvgIpc) is 2.94. The first-order valence-electron chi connectivity index (χ1n) is 7.58. The summed E-state index contributed by atoms with van der Waals surface area (Å²) in [5, 5.41) is 6.78. The van der Waals surface area contributed by atoms with Crippen molar-refractivity contribution < 1.29 is 9.32 Å². The molecule has 1 aromatic heterocycles. The molecule has 0 unspecified atom stereocenters. The summed E-state index contributed by atoms with van der Waals surface area (Å²) in [5.74, 6) is 1.48. The molecule has 1 amide bonds. The molecule has 6 nitrogen and oxygen atoms in total. The number of piperidine rings is 1. The Hall–Kier alpha value is -2.21. The molecule has 0 radical (unpaired) electrons. The van der Waals surface area contributed by atoms with Crippen LogP contribution in [0.1, 0.15) is 24.6 Å². The molecule has 116 valence electrons. The van der Waals surface area contributed by atoms with Crippen molar-refractivity contribution in [3.05, 3.63) is 42.0 Å². The van der Waals surface area contributed by atoms with Crippen LogP contribution in [0.5, 0.6) is 0 Å². The van der Waals surface area contributed by atoms with Gasteiger partial charge in [-0.2, -0.15) is 4.98 Å². The van der Waals surface area contributed by atoms with Gasteiger partial charge < -0.3 is 9.84 Å². The summed E-state index contributed by atoms with van der Waals surface area (Å²) >= 11 is 0. The maximum Gasteiger partial charge on any atom is 0.240 e. The summed E-state index contributed by atoms with van der Waals surface area (Å²) < 4.78 is 5.14. The molecule has 1 aliphatic heterocycles. The van der Waals surface area contributed by atoms with E-state index >= 15 is 0 Å². The van der Waals surface area contributed by atoms with Gasteiger partial charge in [0.05, 0.1) is 6.54 Å². The van der Waals surface area contributed by atoms with Crippen LogP contribution in [0.4, 0.5) is 5.69 Å². The lowest BCUT2D eigenvalue weighted by Crippen LogP contribution is -2.37. The van der Waals surface area contributed by atoms with E-state index in [0.29, 0.717) is 18.3 Å². The van der Waals surface area contributed by atoms with Gasteiger partial charge in [-0.05, 0) is 45.0 Å². The number of carbonyl (C=O) groups excluding carboxylic acids is 1. The number of nitrogens with zero attached hydrogens (tertiary/aromatic N) is 3. The largest absolute Gasteiger partial charge is 0.338 e. The van der Waals surface area contributed by atoms with E-state index in [4.69, 9.17) is 4.52 Å². The molecule has 22 heavy (non-hydrogen) atoms. The van der Waals surface area contributed by atoms with Gasteiger partial charge in [0.1, 0.15) is 0 Å². The first kappa shape index (κ1) is 14.7. The molecule has 0 aliphatic carbocycles. The van der Waals surface area contributed by atoms with E-state index in [1.807, 2.05) is 37.3 Å². The average molecular weight is 300 g/mol. The van der Waals surface area contributed by atoms with Crippen LogP contribution in [0.2, 0.25) is 0 Å². The molecule has 0 saturated carbocycles. The van der Waals surface area contributed by atoms with Crippen molar-refractivity contribution in [2.45, 2.75) is 26.3 Å². The second-order valence-corrected chi connectivity index (χ2v) is 5.64. The summed E-state index contributed by atoms with van der Waals surface area (Å²) in [6.45, 7) is 4.21. The highest BCUT2D eigenvalue weighted by Crippen LogP contribution is 2.20. The zero-order valence-electron chi connectivity index (χ0n) is 12.7. The van der Waals surface area contributed by atoms with Crippen LogP contribution in [-0.4, -0.2) is 34.0 Å². The van der Waals surface area contributed by atoms with Crippen LogP contribution in [0.15, 0.2) is 34.9 Å². The van der Waals surface area contributed by atoms with Gasteiger partial charge in [-0.15, -0.1) is 0 Å². The number of likely N-dealkylation sites (tertiary alicyclic amines) is 1. The third-order valence-electron chi connectivity index (χ3n) is 3.93. The number of aryl methyl sites for hydroxylation is 1. The zero-order valence-corrected chi connectivity index (χ0v) is 12.7. The van der Waals surface area contributed by atoms with E-state index in [-0.39, 0.29) is 11.8 Å². The smallest absolute Gasteiger partial charge is 0.240 e. The second kappa shape index (κ2) is 6.70. The highest BCUT2D eigenvalue weighted by atomic mass is 16.5. The first-order valence-corrected chi connectivity index (χ1v) is 7.58. The fourth-order valence-corrected chi connectivity index (χ4v) is 2.71. The van der Waals surface area contributed by atoms with Gasteiger partial charge in [0.25, 0.3) is 0 Å². The molecule has 0 atom stereocenters. The second-order valence-electron chi connectivity index (χ2n) is 5.64. The molecule has 1 fully saturated rings. The van der Waals surface area contributed by atoms with Crippen molar-refractivity contribution in [2.75, 3.05) is 18.4 Å². The number of nitrogens with one attached hydrogen (secondary N) is 1. The predicted molar refractivity (Wildman–Crippen MR) is 82.1 cm³/mol. The van der Waals surface area contributed by atoms with Crippen molar-refractivity contribution >= 4 is 11.6 Å². The van der Waals surface area contributed by atoms with Crippen LogP contribution < -0.4 is 5.32 Å². The number of benzene rings is 1. The predicted octanol–water partition coefficient (Wildman–Crippen LogP) is 2.23.